The van der Waals surface area contributed by atoms with E-state index in [0.29, 0.717) is 16.0 Å². The van der Waals surface area contributed by atoms with Gasteiger partial charge in [0.1, 0.15) is 12.4 Å². The van der Waals surface area contributed by atoms with Gasteiger partial charge in [-0.15, -0.1) is 0 Å². The Bertz CT molecular complexity index is 632. The molecule has 0 aliphatic rings. The molecular weight excluding hydrogens is 337 g/mol. The molecule has 21 heavy (non-hydrogen) atoms. The minimum Gasteiger partial charge on any atom is -0.493 e. The molecule has 0 heterocycles. The highest BCUT2D eigenvalue weighted by atomic mass is 79.9. The molecule has 0 aromatic heterocycles. The summed E-state index contributed by atoms with van der Waals surface area (Å²) in [5, 5.41) is 0. The number of rotatable bonds is 5. The first-order chi connectivity index (χ1) is 10.0. The average molecular weight is 354 g/mol. The van der Waals surface area contributed by atoms with Gasteiger partial charge < -0.3 is 15.2 Å². The number of nitrogens with two attached hydrogens (primary N) is 1. The van der Waals surface area contributed by atoms with Crippen LogP contribution in [0.15, 0.2) is 40.9 Å². The predicted octanol–water partition coefficient (Wildman–Crippen LogP) is 4.20. The van der Waals surface area contributed by atoms with E-state index in [0.717, 1.165) is 11.1 Å². The standard InChI is InChI=1S/C16H17BrFNO2/c1-10(19)11-6-7-14(15(8-11)20-2)21-9-12-4-3-5-13(18)16(12)17/h3-8,10H,9,19H2,1-2H3. The van der Waals surface area contributed by atoms with Crippen LogP contribution in [0.1, 0.15) is 24.1 Å². The van der Waals surface area contributed by atoms with E-state index >= 15 is 0 Å². The van der Waals surface area contributed by atoms with Gasteiger partial charge in [0.25, 0.3) is 0 Å². The second kappa shape index (κ2) is 6.91. The van der Waals surface area contributed by atoms with Crippen LogP contribution in [0.2, 0.25) is 0 Å². The Balaban J connectivity index is 2.18. The van der Waals surface area contributed by atoms with Gasteiger partial charge in [-0.3, -0.25) is 0 Å². The summed E-state index contributed by atoms with van der Waals surface area (Å²) in [5.74, 6) is 0.894. The molecule has 1 unspecified atom stereocenters. The van der Waals surface area contributed by atoms with Crippen LogP contribution >= 0.6 is 15.9 Å². The third kappa shape index (κ3) is 3.74. The molecule has 0 fully saturated rings. The van der Waals surface area contributed by atoms with E-state index in [2.05, 4.69) is 15.9 Å². The molecule has 1 atom stereocenters. The fourth-order valence-corrected chi connectivity index (χ4v) is 2.28. The van der Waals surface area contributed by atoms with Gasteiger partial charge in [0.05, 0.1) is 11.6 Å². The minimum atomic E-state index is -0.310. The lowest BCUT2D eigenvalue weighted by atomic mass is 10.1. The maximum atomic E-state index is 13.5. The number of ether oxygens (including phenoxy) is 2. The van der Waals surface area contributed by atoms with Crippen molar-refractivity contribution < 1.29 is 13.9 Å². The summed E-state index contributed by atoms with van der Waals surface area (Å²) in [6.45, 7) is 2.14. The summed E-state index contributed by atoms with van der Waals surface area (Å²) >= 11 is 3.22. The molecule has 5 heteroatoms. The smallest absolute Gasteiger partial charge is 0.161 e. The Labute approximate surface area is 132 Å². The quantitative estimate of drug-likeness (QED) is 0.876. The van der Waals surface area contributed by atoms with E-state index in [9.17, 15) is 4.39 Å². The molecule has 0 aliphatic carbocycles. The number of hydrogen-bond acceptors (Lipinski definition) is 3. The molecular formula is C16H17BrFNO2. The highest BCUT2D eigenvalue weighted by Crippen LogP contribution is 2.31. The van der Waals surface area contributed by atoms with Gasteiger partial charge in [0.2, 0.25) is 0 Å². The molecule has 0 radical (unpaired) electrons. The van der Waals surface area contributed by atoms with Gasteiger partial charge in [-0.05, 0) is 46.6 Å². The SMILES string of the molecule is COc1cc(C(C)N)ccc1OCc1cccc(F)c1Br. The highest BCUT2D eigenvalue weighted by Gasteiger charge is 2.10. The van der Waals surface area contributed by atoms with Crippen LogP contribution in [0.5, 0.6) is 11.5 Å². The lowest BCUT2D eigenvalue weighted by Crippen LogP contribution is -2.06. The lowest BCUT2D eigenvalue weighted by Gasteiger charge is -2.14. The molecule has 0 saturated carbocycles. The third-order valence-electron chi connectivity index (χ3n) is 3.13. The maximum Gasteiger partial charge on any atom is 0.161 e. The normalized spacial score (nSPS) is 12.0. The number of halogens is 2. The van der Waals surface area contributed by atoms with E-state index in [1.54, 1.807) is 19.2 Å². The van der Waals surface area contributed by atoms with Gasteiger partial charge in [0, 0.05) is 11.6 Å². The zero-order valence-corrected chi connectivity index (χ0v) is 13.5. The van der Waals surface area contributed by atoms with Crippen LogP contribution in [0.4, 0.5) is 4.39 Å². The topological polar surface area (TPSA) is 44.5 Å². The minimum absolute atomic E-state index is 0.0784. The summed E-state index contributed by atoms with van der Waals surface area (Å²) in [7, 11) is 1.57. The van der Waals surface area contributed by atoms with Gasteiger partial charge in [-0.1, -0.05) is 18.2 Å². The molecule has 0 saturated heterocycles. The Hall–Kier alpha value is -1.59. The van der Waals surface area contributed by atoms with Gasteiger partial charge in [0.15, 0.2) is 11.5 Å². The van der Waals surface area contributed by atoms with Crippen molar-refractivity contribution in [2.24, 2.45) is 5.73 Å². The van der Waals surface area contributed by atoms with Gasteiger partial charge >= 0.3 is 0 Å². The first kappa shape index (κ1) is 15.8. The first-order valence-corrected chi connectivity index (χ1v) is 7.31. The molecule has 2 aromatic carbocycles. The van der Waals surface area contributed by atoms with Crippen molar-refractivity contribution in [3.8, 4) is 11.5 Å². The summed E-state index contributed by atoms with van der Waals surface area (Å²) in [5.41, 5.74) is 7.54. The van der Waals surface area contributed by atoms with Crippen molar-refractivity contribution in [1.82, 2.24) is 0 Å². The van der Waals surface area contributed by atoms with Crippen molar-refractivity contribution in [2.45, 2.75) is 19.6 Å². The lowest BCUT2D eigenvalue weighted by molar-refractivity contribution is 0.283. The summed E-state index contributed by atoms with van der Waals surface area (Å²) in [6.07, 6.45) is 0. The molecule has 2 aromatic rings. The Morgan fingerprint density at radius 3 is 2.67 bits per heavy atom. The van der Waals surface area contributed by atoms with E-state index in [4.69, 9.17) is 15.2 Å². The molecule has 0 aliphatic heterocycles. The van der Waals surface area contributed by atoms with Gasteiger partial charge in [-0.2, -0.15) is 0 Å². The zero-order valence-electron chi connectivity index (χ0n) is 11.9. The van der Waals surface area contributed by atoms with Crippen molar-refractivity contribution in [2.75, 3.05) is 7.11 Å². The van der Waals surface area contributed by atoms with Crippen LogP contribution in [-0.2, 0) is 6.61 Å². The molecule has 0 bridgehead atoms. The first-order valence-electron chi connectivity index (χ1n) is 6.52. The summed E-state index contributed by atoms with van der Waals surface area (Å²) < 4.78 is 24.9. The highest BCUT2D eigenvalue weighted by molar-refractivity contribution is 9.10. The van der Waals surface area contributed by atoms with E-state index in [-0.39, 0.29) is 18.5 Å². The Morgan fingerprint density at radius 2 is 2.00 bits per heavy atom. The molecule has 2 rings (SSSR count). The monoisotopic (exact) mass is 353 g/mol. The maximum absolute atomic E-state index is 13.5. The second-order valence-electron chi connectivity index (χ2n) is 4.70. The fraction of sp³-hybridized carbons (Fsp3) is 0.250. The predicted molar refractivity (Wildman–Crippen MR) is 84.0 cm³/mol. The van der Waals surface area contributed by atoms with Crippen LogP contribution in [0.3, 0.4) is 0 Å². The van der Waals surface area contributed by atoms with E-state index < -0.39 is 0 Å². The number of hydrogen-bond donors (Lipinski definition) is 1. The van der Waals surface area contributed by atoms with Crippen LogP contribution in [0, 0.1) is 5.82 Å². The largest absolute Gasteiger partial charge is 0.493 e. The molecule has 112 valence electrons. The average Bonchev–Trinajstić information content (AvgIpc) is 2.48. The third-order valence-corrected chi connectivity index (χ3v) is 4.02. The van der Waals surface area contributed by atoms with E-state index in [1.807, 2.05) is 25.1 Å². The second-order valence-corrected chi connectivity index (χ2v) is 5.49. The Morgan fingerprint density at radius 1 is 1.24 bits per heavy atom. The van der Waals surface area contributed by atoms with Crippen molar-refractivity contribution >= 4 is 15.9 Å². The summed E-state index contributed by atoms with van der Waals surface area (Å²) in [6, 6.07) is 10.3. The number of benzene rings is 2. The van der Waals surface area contributed by atoms with Crippen LogP contribution in [-0.4, -0.2) is 7.11 Å². The molecule has 0 spiro atoms. The van der Waals surface area contributed by atoms with Gasteiger partial charge in [-0.25, -0.2) is 4.39 Å². The zero-order chi connectivity index (χ0) is 15.4. The van der Waals surface area contributed by atoms with Crippen molar-refractivity contribution in [3.05, 3.63) is 57.8 Å². The van der Waals surface area contributed by atoms with Crippen molar-refractivity contribution in [3.63, 3.8) is 0 Å². The molecule has 2 N–H and O–H groups in total. The summed E-state index contributed by atoms with van der Waals surface area (Å²) in [4.78, 5) is 0. The van der Waals surface area contributed by atoms with Crippen LogP contribution in [0.25, 0.3) is 0 Å². The van der Waals surface area contributed by atoms with Crippen LogP contribution < -0.4 is 15.2 Å². The van der Waals surface area contributed by atoms with E-state index in [1.165, 1.54) is 6.07 Å². The van der Waals surface area contributed by atoms with Crippen molar-refractivity contribution in [1.29, 1.82) is 0 Å². The Kier molecular flexibility index (Phi) is 5.20. The molecule has 0 amide bonds. The number of methoxy groups -OCH3 is 1. The fourth-order valence-electron chi connectivity index (χ4n) is 1.90. The molecule has 3 nitrogen and oxygen atoms in total.